The van der Waals surface area contributed by atoms with Gasteiger partial charge >= 0.3 is 0 Å². The molecule has 5 nitrogen and oxygen atoms in total. The maximum absolute atomic E-state index is 13.0. The Hall–Kier alpha value is -2.73. The average Bonchev–Trinajstić information content (AvgIpc) is 3.38. The van der Waals surface area contributed by atoms with Crippen LogP contribution in [0.15, 0.2) is 58.5 Å². The molecule has 2 heterocycles. The molecule has 0 aliphatic heterocycles. The number of benzene rings is 1. The van der Waals surface area contributed by atoms with Gasteiger partial charge in [0.15, 0.2) is 11.5 Å². The molecule has 142 valence electrons. The Balaban J connectivity index is 1.71. The lowest BCUT2D eigenvalue weighted by atomic mass is 10.1. The molecule has 3 rings (SSSR count). The van der Waals surface area contributed by atoms with Crippen LogP contribution >= 0.6 is 11.3 Å². The second kappa shape index (κ2) is 9.28. The van der Waals surface area contributed by atoms with Gasteiger partial charge in [-0.3, -0.25) is 4.79 Å². The van der Waals surface area contributed by atoms with Crippen molar-refractivity contribution >= 4 is 17.2 Å². The number of hydrogen-bond donors (Lipinski definition) is 0. The van der Waals surface area contributed by atoms with E-state index in [1.165, 1.54) is 4.88 Å². The SMILES string of the molecule is COc1ccc(CC(=O)N(CCc2cccs2)Cc2ccco2)cc1OC. The molecule has 3 aromatic rings. The number of carbonyl (C=O) groups is 1. The van der Waals surface area contributed by atoms with E-state index in [2.05, 4.69) is 11.4 Å². The Bertz CT molecular complexity index is 843. The van der Waals surface area contributed by atoms with E-state index in [9.17, 15) is 4.79 Å². The summed E-state index contributed by atoms with van der Waals surface area (Å²) in [4.78, 5) is 16.1. The Kier molecular flexibility index (Phi) is 6.54. The summed E-state index contributed by atoms with van der Waals surface area (Å²) in [5.74, 6) is 2.11. The van der Waals surface area contributed by atoms with E-state index in [1.54, 1.807) is 31.8 Å². The molecule has 0 radical (unpaired) electrons. The summed E-state index contributed by atoms with van der Waals surface area (Å²) in [7, 11) is 3.19. The molecular weight excluding hydrogens is 362 g/mol. The van der Waals surface area contributed by atoms with Crippen LogP contribution in [0.5, 0.6) is 11.5 Å². The zero-order valence-corrected chi connectivity index (χ0v) is 16.3. The van der Waals surface area contributed by atoms with Crippen molar-refractivity contribution in [2.75, 3.05) is 20.8 Å². The first-order valence-electron chi connectivity index (χ1n) is 8.73. The van der Waals surface area contributed by atoms with E-state index in [4.69, 9.17) is 13.9 Å². The fraction of sp³-hybridized carbons (Fsp3) is 0.286. The summed E-state index contributed by atoms with van der Waals surface area (Å²) < 4.78 is 16.0. The third-order valence-electron chi connectivity index (χ3n) is 4.29. The predicted molar refractivity (Wildman–Crippen MR) is 105 cm³/mol. The van der Waals surface area contributed by atoms with E-state index in [1.807, 2.05) is 41.3 Å². The Labute approximate surface area is 163 Å². The third kappa shape index (κ3) is 5.14. The highest BCUT2D eigenvalue weighted by molar-refractivity contribution is 7.09. The summed E-state index contributed by atoms with van der Waals surface area (Å²) >= 11 is 1.71. The van der Waals surface area contributed by atoms with E-state index in [-0.39, 0.29) is 5.91 Å². The molecule has 0 aliphatic carbocycles. The fourth-order valence-corrected chi connectivity index (χ4v) is 3.56. The largest absolute Gasteiger partial charge is 0.493 e. The highest BCUT2D eigenvalue weighted by Crippen LogP contribution is 2.28. The topological polar surface area (TPSA) is 51.9 Å². The van der Waals surface area contributed by atoms with Crippen molar-refractivity contribution in [3.05, 3.63) is 70.3 Å². The third-order valence-corrected chi connectivity index (χ3v) is 5.23. The number of methoxy groups -OCH3 is 2. The number of ether oxygens (including phenoxy) is 2. The van der Waals surface area contributed by atoms with Crippen molar-refractivity contribution in [1.29, 1.82) is 0 Å². The molecule has 0 bridgehead atoms. The van der Waals surface area contributed by atoms with Crippen molar-refractivity contribution in [3.8, 4) is 11.5 Å². The molecule has 0 saturated carbocycles. The van der Waals surface area contributed by atoms with Crippen molar-refractivity contribution < 1.29 is 18.7 Å². The van der Waals surface area contributed by atoms with Gasteiger partial charge in [-0.25, -0.2) is 0 Å². The molecule has 6 heteroatoms. The molecule has 0 aliphatic rings. The van der Waals surface area contributed by atoms with Crippen LogP contribution in [-0.4, -0.2) is 31.6 Å². The van der Waals surface area contributed by atoms with Crippen LogP contribution in [0.2, 0.25) is 0 Å². The first kappa shape index (κ1) is 19.0. The first-order valence-corrected chi connectivity index (χ1v) is 9.61. The summed E-state index contributed by atoms with van der Waals surface area (Å²) in [5, 5.41) is 2.05. The van der Waals surface area contributed by atoms with Crippen molar-refractivity contribution in [1.82, 2.24) is 4.90 Å². The van der Waals surface area contributed by atoms with Crippen molar-refractivity contribution in [2.24, 2.45) is 0 Å². The maximum Gasteiger partial charge on any atom is 0.227 e. The monoisotopic (exact) mass is 385 g/mol. The molecule has 1 amide bonds. The second-order valence-corrected chi connectivity index (χ2v) is 7.12. The minimum absolute atomic E-state index is 0.0511. The number of hydrogen-bond acceptors (Lipinski definition) is 5. The summed E-state index contributed by atoms with van der Waals surface area (Å²) in [5.41, 5.74) is 0.887. The van der Waals surface area contributed by atoms with Crippen LogP contribution in [0.3, 0.4) is 0 Å². The number of nitrogens with zero attached hydrogens (tertiary/aromatic N) is 1. The number of furan rings is 1. The Morgan fingerprint density at radius 2 is 1.96 bits per heavy atom. The molecule has 0 atom stereocenters. The minimum Gasteiger partial charge on any atom is -0.493 e. The van der Waals surface area contributed by atoms with Gasteiger partial charge in [0.05, 0.1) is 33.4 Å². The second-order valence-electron chi connectivity index (χ2n) is 6.09. The Morgan fingerprint density at radius 3 is 2.63 bits per heavy atom. The summed E-state index contributed by atoms with van der Waals surface area (Å²) in [6.45, 7) is 1.11. The van der Waals surface area contributed by atoms with Gasteiger partial charge in [-0.1, -0.05) is 12.1 Å². The van der Waals surface area contributed by atoms with E-state index >= 15 is 0 Å². The number of carbonyl (C=O) groups excluding carboxylic acids is 1. The average molecular weight is 385 g/mol. The lowest BCUT2D eigenvalue weighted by Gasteiger charge is -2.22. The zero-order valence-electron chi connectivity index (χ0n) is 15.5. The van der Waals surface area contributed by atoms with Gasteiger partial charge in [-0.15, -0.1) is 11.3 Å². The quantitative estimate of drug-likeness (QED) is 0.555. The van der Waals surface area contributed by atoms with E-state index < -0.39 is 0 Å². The molecule has 27 heavy (non-hydrogen) atoms. The van der Waals surface area contributed by atoms with E-state index in [0.29, 0.717) is 31.0 Å². The molecule has 0 fully saturated rings. The maximum atomic E-state index is 13.0. The van der Waals surface area contributed by atoms with Crippen LogP contribution in [0.25, 0.3) is 0 Å². The van der Waals surface area contributed by atoms with E-state index in [0.717, 1.165) is 17.7 Å². The fourth-order valence-electron chi connectivity index (χ4n) is 2.86. The van der Waals surface area contributed by atoms with Gasteiger partial charge in [0.2, 0.25) is 5.91 Å². The molecule has 0 N–H and O–H groups in total. The van der Waals surface area contributed by atoms with Crippen molar-refractivity contribution in [2.45, 2.75) is 19.4 Å². The number of rotatable bonds is 9. The van der Waals surface area contributed by atoms with Gasteiger partial charge in [0.25, 0.3) is 0 Å². The minimum atomic E-state index is 0.0511. The van der Waals surface area contributed by atoms with Gasteiger partial charge in [-0.05, 0) is 47.7 Å². The van der Waals surface area contributed by atoms with Crippen molar-refractivity contribution in [3.63, 3.8) is 0 Å². The number of amides is 1. The van der Waals surface area contributed by atoms with Crippen LogP contribution in [0, 0.1) is 0 Å². The highest BCUT2D eigenvalue weighted by atomic mass is 32.1. The smallest absolute Gasteiger partial charge is 0.227 e. The van der Waals surface area contributed by atoms with Crippen LogP contribution < -0.4 is 9.47 Å². The standard InChI is InChI=1S/C21H23NO4S/c1-24-19-8-7-16(13-20(19)25-2)14-21(23)22(15-17-5-3-11-26-17)10-9-18-6-4-12-27-18/h3-8,11-13H,9-10,14-15H2,1-2H3. The Morgan fingerprint density at radius 1 is 1.11 bits per heavy atom. The van der Waals surface area contributed by atoms with Gasteiger partial charge in [-0.2, -0.15) is 0 Å². The van der Waals surface area contributed by atoms with Crippen LogP contribution in [0.4, 0.5) is 0 Å². The van der Waals surface area contributed by atoms with Crippen LogP contribution in [-0.2, 0) is 24.2 Å². The summed E-state index contributed by atoms with van der Waals surface area (Å²) in [6, 6.07) is 13.4. The van der Waals surface area contributed by atoms with Gasteiger partial charge in [0.1, 0.15) is 5.76 Å². The lowest BCUT2D eigenvalue weighted by Crippen LogP contribution is -2.33. The van der Waals surface area contributed by atoms with Gasteiger partial charge < -0.3 is 18.8 Å². The molecule has 1 aromatic carbocycles. The zero-order chi connectivity index (χ0) is 19.1. The molecule has 2 aromatic heterocycles. The number of thiophene rings is 1. The predicted octanol–water partition coefficient (Wildman–Crippen LogP) is 4.17. The lowest BCUT2D eigenvalue weighted by molar-refractivity contribution is -0.131. The first-order chi connectivity index (χ1) is 13.2. The molecule has 0 unspecified atom stereocenters. The molecule has 0 saturated heterocycles. The summed E-state index contributed by atoms with van der Waals surface area (Å²) in [6.07, 6.45) is 2.76. The highest BCUT2D eigenvalue weighted by Gasteiger charge is 2.17. The van der Waals surface area contributed by atoms with Gasteiger partial charge in [0, 0.05) is 11.4 Å². The molecular formula is C21H23NO4S. The van der Waals surface area contributed by atoms with Crippen LogP contribution in [0.1, 0.15) is 16.2 Å². The molecule has 0 spiro atoms. The normalized spacial score (nSPS) is 10.6.